The third-order valence-corrected chi connectivity index (χ3v) is 5.70. The molecule has 1 aliphatic carbocycles. The summed E-state index contributed by atoms with van der Waals surface area (Å²) >= 11 is 0. The van der Waals surface area contributed by atoms with E-state index >= 15 is 0 Å². The molecular formula is C23H42O2. The van der Waals surface area contributed by atoms with Crippen molar-refractivity contribution in [2.75, 3.05) is 0 Å². The molecule has 0 N–H and O–H groups in total. The molecule has 1 rings (SSSR count). The van der Waals surface area contributed by atoms with E-state index in [4.69, 9.17) is 4.74 Å². The van der Waals surface area contributed by atoms with Crippen LogP contribution in [0.5, 0.6) is 0 Å². The van der Waals surface area contributed by atoms with Crippen molar-refractivity contribution in [2.24, 2.45) is 11.8 Å². The minimum Gasteiger partial charge on any atom is -0.462 e. The van der Waals surface area contributed by atoms with Gasteiger partial charge >= 0.3 is 5.97 Å². The maximum absolute atomic E-state index is 12.2. The fourth-order valence-corrected chi connectivity index (χ4v) is 4.01. The van der Waals surface area contributed by atoms with Crippen LogP contribution in [0.2, 0.25) is 0 Å². The summed E-state index contributed by atoms with van der Waals surface area (Å²) in [5, 5.41) is 0. The summed E-state index contributed by atoms with van der Waals surface area (Å²) in [5.74, 6) is 1.03. The smallest absolute Gasteiger partial charge is 0.306 e. The van der Waals surface area contributed by atoms with Crippen LogP contribution in [0.3, 0.4) is 0 Å². The first-order valence-corrected chi connectivity index (χ1v) is 10.9. The van der Waals surface area contributed by atoms with Gasteiger partial charge < -0.3 is 4.74 Å². The first kappa shape index (κ1) is 22.3. The quantitative estimate of drug-likeness (QED) is 0.199. The van der Waals surface area contributed by atoms with Gasteiger partial charge in [-0.25, -0.2) is 0 Å². The fourth-order valence-electron chi connectivity index (χ4n) is 4.01. The molecule has 0 aromatic rings. The van der Waals surface area contributed by atoms with E-state index < -0.39 is 0 Å². The van der Waals surface area contributed by atoms with Crippen LogP contribution in [0.4, 0.5) is 0 Å². The Morgan fingerprint density at radius 1 is 0.960 bits per heavy atom. The maximum atomic E-state index is 12.2. The maximum Gasteiger partial charge on any atom is 0.306 e. The molecule has 0 bridgehead atoms. The minimum atomic E-state index is 0.00455. The number of carbonyl (C=O) groups is 1. The van der Waals surface area contributed by atoms with Crippen LogP contribution in [0.15, 0.2) is 12.2 Å². The SMILES string of the molecule is C=C(C)[C@@H]1CC[C@@H](C)C[C@H]1OC(=O)CCCCCCCCCCCC. The molecule has 0 spiro atoms. The van der Waals surface area contributed by atoms with Gasteiger partial charge in [-0.3, -0.25) is 4.79 Å². The van der Waals surface area contributed by atoms with Crippen LogP contribution < -0.4 is 0 Å². The van der Waals surface area contributed by atoms with Crippen molar-refractivity contribution < 1.29 is 9.53 Å². The van der Waals surface area contributed by atoms with Crippen LogP contribution in [-0.2, 0) is 9.53 Å². The van der Waals surface area contributed by atoms with Gasteiger partial charge in [0, 0.05) is 12.3 Å². The third-order valence-electron chi connectivity index (χ3n) is 5.70. The van der Waals surface area contributed by atoms with E-state index in [2.05, 4.69) is 27.4 Å². The third kappa shape index (κ3) is 10.1. The molecular weight excluding hydrogens is 308 g/mol. The lowest BCUT2D eigenvalue weighted by atomic mass is 9.77. The molecule has 25 heavy (non-hydrogen) atoms. The van der Waals surface area contributed by atoms with E-state index in [0.29, 0.717) is 18.3 Å². The second kappa shape index (κ2) is 13.4. The first-order valence-electron chi connectivity index (χ1n) is 10.9. The lowest BCUT2D eigenvalue weighted by Gasteiger charge is -2.34. The van der Waals surface area contributed by atoms with Crippen molar-refractivity contribution in [3.05, 3.63) is 12.2 Å². The Kier molecular flexibility index (Phi) is 11.9. The Morgan fingerprint density at radius 2 is 1.52 bits per heavy atom. The number of hydrogen-bond donors (Lipinski definition) is 0. The number of esters is 1. The van der Waals surface area contributed by atoms with Gasteiger partial charge in [-0.05, 0) is 38.5 Å². The standard InChI is InChI=1S/C23H42O2/c1-5-6-7-8-9-10-11-12-13-14-15-23(24)25-22-18-20(4)16-17-21(22)19(2)3/h20-22H,2,5-18H2,1,3-4H3/t20-,21+,22-/m1/s1. The van der Waals surface area contributed by atoms with Crippen LogP contribution in [0.25, 0.3) is 0 Å². The van der Waals surface area contributed by atoms with E-state index in [-0.39, 0.29) is 12.1 Å². The molecule has 1 saturated carbocycles. The van der Waals surface area contributed by atoms with Crippen LogP contribution >= 0.6 is 0 Å². The van der Waals surface area contributed by atoms with Crippen molar-refractivity contribution in [3.63, 3.8) is 0 Å². The van der Waals surface area contributed by atoms with Crippen molar-refractivity contribution in [1.82, 2.24) is 0 Å². The molecule has 0 aromatic heterocycles. The van der Waals surface area contributed by atoms with Gasteiger partial charge in [-0.1, -0.05) is 83.8 Å². The second-order valence-electron chi connectivity index (χ2n) is 8.33. The molecule has 0 radical (unpaired) electrons. The van der Waals surface area contributed by atoms with Crippen molar-refractivity contribution in [1.29, 1.82) is 0 Å². The summed E-state index contributed by atoms with van der Waals surface area (Å²) in [6.07, 6.45) is 16.9. The van der Waals surface area contributed by atoms with Crippen molar-refractivity contribution >= 4 is 5.97 Å². The topological polar surface area (TPSA) is 26.3 Å². The Morgan fingerprint density at radius 3 is 2.08 bits per heavy atom. The largest absolute Gasteiger partial charge is 0.462 e. The van der Waals surface area contributed by atoms with Gasteiger partial charge in [-0.15, -0.1) is 0 Å². The fraction of sp³-hybridized carbons (Fsp3) is 0.870. The highest BCUT2D eigenvalue weighted by molar-refractivity contribution is 5.69. The highest BCUT2D eigenvalue weighted by Gasteiger charge is 2.31. The Hall–Kier alpha value is -0.790. The zero-order valence-corrected chi connectivity index (χ0v) is 17.2. The van der Waals surface area contributed by atoms with Gasteiger partial charge in [0.1, 0.15) is 6.10 Å². The van der Waals surface area contributed by atoms with Crippen molar-refractivity contribution in [3.8, 4) is 0 Å². The summed E-state index contributed by atoms with van der Waals surface area (Å²) < 4.78 is 5.82. The zero-order chi connectivity index (χ0) is 18.5. The number of ether oxygens (including phenoxy) is 1. The van der Waals surface area contributed by atoms with Gasteiger partial charge in [0.25, 0.3) is 0 Å². The number of rotatable bonds is 13. The van der Waals surface area contributed by atoms with Crippen LogP contribution in [0, 0.1) is 11.8 Å². The van der Waals surface area contributed by atoms with E-state index in [1.807, 2.05) is 0 Å². The molecule has 0 saturated heterocycles. The normalized spacial score (nSPS) is 23.4. The molecule has 2 heteroatoms. The molecule has 1 aliphatic rings. The molecule has 0 unspecified atom stereocenters. The molecule has 0 aliphatic heterocycles. The highest BCUT2D eigenvalue weighted by Crippen LogP contribution is 2.34. The molecule has 3 atom stereocenters. The Balaban J connectivity index is 2.07. The lowest BCUT2D eigenvalue weighted by Crippen LogP contribution is -2.33. The molecule has 0 aromatic carbocycles. The number of hydrogen-bond acceptors (Lipinski definition) is 2. The average molecular weight is 351 g/mol. The lowest BCUT2D eigenvalue weighted by molar-refractivity contribution is -0.153. The van der Waals surface area contributed by atoms with Crippen LogP contribution in [-0.4, -0.2) is 12.1 Å². The van der Waals surface area contributed by atoms with Crippen molar-refractivity contribution in [2.45, 2.75) is 117 Å². The predicted octanol–water partition coefficient (Wildman–Crippen LogP) is 7.22. The summed E-state index contributed by atoms with van der Waals surface area (Å²) in [4.78, 5) is 12.2. The Bertz CT molecular complexity index is 374. The number of carbonyl (C=O) groups excluding carboxylic acids is 1. The summed E-state index contributed by atoms with van der Waals surface area (Å²) in [6.45, 7) is 10.7. The highest BCUT2D eigenvalue weighted by atomic mass is 16.5. The van der Waals surface area contributed by atoms with Crippen LogP contribution in [0.1, 0.15) is 111 Å². The molecule has 2 nitrogen and oxygen atoms in total. The predicted molar refractivity (Wildman–Crippen MR) is 108 cm³/mol. The summed E-state index contributed by atoms with van der Waals surface area (Å²) in [7, 11) is 0. The molecule has 1 fully saturated rings. The minimum absolute atomic E-state index is 0.00455. The van der Waals surface area contributed by atoms with E-state index in [0.717, 1.165) is 25.7 Å². The second-order valence-corrected chi connectivity index (χ2v) is 8.33. The molecule has 0 heterocycles. The molecule has 0 amide bonds. The van der Waals surface area contributed by atoms with E-state index in [9.17, 15) is 4.79 Å². The summed E-state index contributed by atoms with van der Waals surface area (Å²) in [5.41, 5.74) is 1.17. The van der Waals surface area contributed by atoms with E-state index in [1.165, 1.54) is 63.4 Å². The van der Waals surface area contributed by atoms with E-state index in [1.54, 1.807) is 0 Å². The van der Waals surface area contributed by atoms with Gasteiger partial charge in [-0.2, -0.15) is 0 Å². The molecule has 146 valence electrons. The summed E-state index contributed by atoms with van der Waals surface area (Å²) in [6, 6.07) is 0. The van der Waals surface area contributed by atoms with Gasteiger partial charge in [0.15, 0.2) is 0 Å². The van der Waals surface area contributed by atoms with Gasteiger partial charge in [0.2, 0.25) is 0 Å². The zero-order valence-electron chi connectivity index (χ0n) is 17.2. The van der Waals surface area contributed by atoms with Gasteiger partial charge in [0.05, 0.1) is 0 Å². The average Bonchev–Trinajstić information content (AvgIpc) is 2.56. The Labute approximate surface area is 156 Å². The monoisotopic (exact) mass is 350 g/mol. The first-order chi connectivity index (χ1) is 12.0. The number of unbranched alkanes of at least 4 members (excludes halogenated alkanes) is 9.